The van der Waals surface area contributed by atoms with Gasteiger partial charge in [-0.3, -0.25) is 0 Å². The number of fused-ring (bicyclic) bond motifs is 1. The molecule has 2 aromatic rings. The van der Waals surface area contributed by atoms with Crippen LogP contribution in [0, 0.1) is 11.5 Å². The van der Waals surface area contributed by atoms with Crippen LogP contribution in [0.4, 0.5) is 11.6 Å². The third-order valence-electron chi connectivity index (χ3n) is 3.36. The summed E-state index contributed by atoms with van der Waals surface area (Å²) in [6.07, 6.45) is 4.60. The summed E-state index contributed by atoms with van der Waals surface area (Å²) >= 11 is 0. The van der Waals surface area contributed by atoms with E-state index in [9.17, 15) is 0 Å². The van der Waals surface area contributed by atoms with Crippen molar-refractivity contribution in [3.8, 4) is 11.5 Å². The molecule has 0 unspecified atom stereocenters. The van der Waals surface area contributed by atoms with Crippen LogP contribution in [0.15, 0.2) is 36.7 Å². The smallest absolute Gasteiger partial charge is 0.229 e. The zero-order chi connectivity index (χ0) is 14.9. The first-order chi connectivity index (χ1) is 10.0. The molecule has 1 aromatic carbocycles. The lowest BCUT2D eigenvalue weighted by atomic mass is 10.1. The molecule has 0 atom stereocenters. The van der Waals surface area contributed by atoms with E-state index in [1.807, 2.05) is 6.07 Å². The van der Waals surface area contributed by atoms with Crippen LogP contribution in [0.1, 0.15) is 11.1 Å². The van der Waals surface area contributed by atoms with E-state index in [1.54, 1.807) is 12.4 Å². The number of nitrogens with zero attached hydrogens (tertiary/aromatic N) is 3. The minimum atomic E-state index is -1.38. The minimum Gasteiger partial charge on any atom is -0.309 e. The lowest BCUT2D eigenvalue weighted by Gasteiger charge is -2.18. The Labute approximate surface area is 127 Å². The molecule has 0 bridgehead atoms. The topological polar surface area (TPSA) is 29.0 Å². The summed E-state index contributed by atoms with van der Waals surface area (Å²) in [6, 6.07) is 8.23. The van der Waals surface area contributed by atoms with Crippen molar-refractivity contribution in [2.45, 2.75) is 26.1 Å². The number of anilines is 2. The number of para-hydroxylation sites is 1. The average molecular weight is 293 g/mol. The molecule has 3 rings (SSSR count). The molecular weight excluding hydrogens is 274 g/mol. The molecule has 0 saturated heterocycles. The van der Waals surface area contributed by atoms with Crippen molar-refractivity contribution >= 4 is 19.7 Å². The second-order valence-corrected chi connectivity index (χ2v) is 11.0. The zero-order valence-electron chi connectivity index (χ0n) is 12.7. The normalized spacial score (nSPS) is 13.6. The lowest BCUT2D eigenvalue weighted by molar-refractivity contribution is 0.939. The fraction of sp³-hybridized carbons (Fsp3) is 0.294. The predicted molar refractivity (Wildman–Crippen MR) is 89.4 cm³/mol. The van der Waals surface area contributed by atoms with Gasteiger partial charge in [0.25, 0.3) is 0 Å². The Hall–Kier alpha value is -2.12. The van der Waals surface area contributed by atoms with Gasteiger partial charge in [0.15, 0.2) is 0 Å². The van der Waals surface area contributed by atoms with Crippen LogP contribution in [-0.2, 0) is 6.42 Å². The quantitative estimate of drug-likeness (QED) is 0.596. The Bertz CT molecular complexity index is 708. The first kappa shape index (κ1) is 13.8. The van der Waals surface area contributed by atoms with Crippen molar-refractivity contribution < 1.29 is 0 Å². The van der Waals surface area contributed by atoms with Gasteiger partial charge in [-0.25, -0.2) is 9.97 Å². The Kier molecular flexibility index (Phi) is 3.52. The van der Waals surface area contributed by atoms with Crippen molar-refractivity contribution in [3.63, 3.8) is 0 Å². The van der Waals surface area contributed by atoms with E-state index in [1.165, 1.54) is 11.3 Å². The van der Waals surface area contributed by atoms with E-state index >= 15 is 0 Å². The third-order valence-corrected chi connectivity index (χ3v) is 4.23. The van der Waals surface area contributed by atoms with Crippen LogP contribution in [0.25, 0.3) is 0 Å². The summed E-state index contributed by atoms with van der Waals surface area (Å²) in [5.74, 6) is 4.16. The summed E-state index contributed by atoms with van der Waals surface area (Å²) in [5, 5.41) is 0. The van der Waals surface area contributed by atoms with E-state index in [-0.39, 0.29) is 0 Å². The van der Waals surface area contributed by atoms with E-state index in [4.69, 9.17) is 0 Å². The van der Waals surface area contributed by atoms with Crippen molar-refractivity contribution in [2.24, 2.45) is 0 Å². The van der Waals surface area contributed by atoms with Gasteiger partial charge in [0.05, 0.1) is 5.69 Å². The predicted octanol–water partition coefficient (Wildman–Crippen LogP) is 3.40. The Balaban J connectivity index is 2.06. The number of benzene rings is 1. The van der Waals surface area contributed by atoms with Gasteiger partial charge in [0, 0.05) is 24.5 Å². The Morgan fingerprint density at radius 1 is 1.10 bits per heavy atom. The molecule has 2 heterocycles. The summed E-state index contributed by atoms with van der Waals surface area (Å²) in [4.78, 5) is 11.0. The number of hydrogen-bond acceptors (Lipinski definition) is 3. The molecule has 1 aliphatic heterocycles. The molecule has 0 radical (unpaired) electrons. The highest BCUT2D eigenvalue weighted by molar-refractivity contribution is 6.83. The summed E-state index contributed by atoms with van der Waals surface area (Å²) < 4.78 is 0. The van der Waals surface area contributed by atoms with Crippen molar-refractivity contribution in [1.29, 1.82) is 0 Å². The first-order valence-corrected chi connectivity index (χ1v) is 10.7. The molecule has 0 amide bonds. The molecule has 3 nitrogen and oxygen atoms in total. The van der Waals surface area contributed by atoms with Gasteiger partial charge in [0.1, 0.15) is 8.07 Å². The fourth-order valence-electron chi connectivity index (χ4n) is 2.44. The van der Waals surface area contributed by atoms with Crippen LogP contribution < -0.4 is 4.90 Å². The van der Waals surface area contributed by atoms with Gasteiger partial charge in [0.2, 0.25) is 5.95 Å². The monoisotopic (exact) mass is 293 g/mol. The summed E-state index contributed by atoms with van der Waals surface area (Å²) in [5.41, 5.74) is 7.09. The standard InChI is InChI=1S/C17H19N3Si/c1-21(2,3)13-9-15-7-4-6-14-8-12-20(16(14)15)17-18-10-5-11-19-17/h4-7,10-11H,8,12H2,1-3H3. The summed E-state index contributed by atoms with van der Waals surface area (Å²) in [7, 11) is -1.38. The molecule has 0 spiro atoms. The second-order valence-electron chi connectivity index (χ2n) is 6.26. The van der Waals surface area contributed by atoms with Gasteiger partial charge in [-0.1, -0.05) is 37.7 Å². The first-order valence-electron chi connectivity index (χ1n) is 7.24. The maximum Gasteiger partial charge on any atom is 0.229 e. The van der Waals surface area contributed by atoms with Crippen molar-refractivity contribution in [2.75, 3.05) is 11.4 Å². The molecule has 106 valence electrons. The van der Waals surface area contributed by atoms with Gasteiger partial charge in [-0.05, 0) is 24.1 Å². The molecule has 0 fully saturated rings. The highest BCUT2D eigenvalue weighted by Crippen LogP contribution is 2.35. The second kappa shape index (κ2) is 5.34. The van der Waals surface area contributed by atoms with E-state index < -0.39 is 8.07 Å². The largest absolute Gasteiger partial charge is 0.309 e. The molecule has 0 saturated carbocycles. The number of aromatic nitrogens is 2. The zero-order valence-corrected chi connectivity index (χ0v) is 13.7. The molecule has 0 aliphatic carbocycles. The van der Waals surface area contributed by atoms with Gasteiger partial charge in [-0.15, -0.1) is 5.54 Å². The van der Waals surface area contributed by atoms with Crippen LogP contribution in [-0.4, -0.2) is 24.6 Å². The molecule has 4 heteroatoms. The Morgan fingerprint density at radius 2 is 1.86 bits per heavy atom. The fourth-order valence-corrected chi connectivity index (χ4v) is 2.95. The maximum absolute atomic E-state index is 4.38. The number of rotatable bonds is 1. The SMILES string of the molecule is C[Si](C)(C)C#Cc1cccc2c1N(c1ncccn1)CC2. The van der Waals surface area contributed by atoms with Crippen LogP contribution in [0.2, 0.25) is 19.6 Å². The lowest BCUT2D eigenvalue weighted by Crippen LogP contribution is -2.18. The van der Waals surface area contributed by atoms with E-state index in [0.717, 1.165) is 24.5 Å². The number of hydrogen-bond donors (Lipinski definition) is 0. The van der Waals surface area contributed by atoms with Crippen molar-refractivity contribution in [1.82, 2.24) is 9.97 Å². The molecular formula is C17H19N3Si. The van der Waals surface area contributed by atoms with Crippen LogP contribution in [0.3, 0.4) is 0 Å². The van der Waals surface area contributed by atoms with Crippen LogP contribution >= 0.6 is 0 Å². The molecule has 1 aliphatic rings. The van der Waals surface area contributed by atoms with Crippen LogP contribution in [0.5, 0.6) is 0 Å². The molecule has 0 N–H and O–H groups in total. The average Bonchev–Trinajstić information content (AvgIpc) is 2.90. The molecule has 1 aromatic heterocycles. The van der Waals surface area contributed by atoms with E-state index in [0.29, 0.717) is 0 Å². The highest BCUT2D eigenvalue weighted by atomic mass is 28.3. The third kappa shape index (κ3) is 2.98. The minimum absolute atomic E-state index is 0.763. The van der Waals surface area contributed by atoms with Gasteiger partial charge >= 0.3 is 0 Å². The molecule has 21 heavy (non-hydrogen) atoms. The van der Waals surface area contributed by atoms with Crippen molar-refractivity contribution in [3.05, 3.63) is 47.8 Å². The summed E-state index contributed by atoms with van der Waals surface area (Å²) in [6.45, 7) is 7.72. The van der Waals surface area contributed by atoms with E-state index in [2.05, 4.69) is 64.2 Å². The van der Waals surface area contributed by atoms with Gasteiger partial charge < -0.3 is 4.90 Å². The maximum atomic E-state index is 4.38. The Morgan fingerprint density at radius 3 is 2.57 bits per heavy atom. The van der Waals surface area contributed by atoms with Gasteiger partial charge in [-0.2, -0.15) is 0 Å². The highest BCUT2D eigenvalue weighted by Gasteiger charge is 2.24.